The highest BCUT2D eigenvalue weighted by Crippen LogP contribution is 2.10. The van der Waals surface area contributed by atoms with E-state index in [2.05, 4.69) is 52.9 Å². The van der Waals surface area contributed by atoms with Crippen molar-refractivity contribution in [1.29, 1.82) is 0 Å². The van der Waals surface area contributed by atoms with Crippen LogP contribution >= 0.6 is 0 Å². The minimum Gasteiger partial charge on any atom is -0.335 e. The van der Waals surface area contributed by atoms with Crippen molar-refractivity contribution in [3.05, 3.63) is 47.8 Å². The van der Waals surface area contributed by atoms with E-state index in [0.29, 0.717) is 6.04 Å². The standard InChI is InChI=1S/C16H24N4/c1-4-6-20-7-5-18-16(20)9-14-8-15(11-17-10-14)12-19-13(2)3/h5,7-8,10-11,13,19H,4,6,9,12H2,1-3H3. The number of aromatic nitrogens is 3. The molecule has 2 rings (SSSR count). The molecule has 108 valence electrons. The van der Waals surface area contributed by atoms with Gasteiger partial charge >= 0.3 is 0 Å². The van der Waals surface area contributed by atoms with Gasteiger partial charge in [0.1, 0.15) is 5.82 Å². The van der Waals surface area contributed by atoms with Gasteiger partial charge in [-0.3, -0.25) is 4.98 Å². The zero-order valence-electron chi connectivity index (χ0n) is 12.6. The molecule has 0 aliphatic carbocycles. The summed E-state index contributed by atoms with van der Waals surface area (Å²) in [4.78, 5) is 8.80. The predicted octanol–water partition coefficient (Wildman–Crippen LogP) is 2.78. The Labute approximate surface area is 121 Å². The summed E-state index contributed by atoms with van der Waals surface area (Å²) in [5.74, 6) is 1.11. The summed E-state index contributed by atoms with van der Waals surface area (Å²) in [5, 5.41) is 3.42. The largest absolute Gasteiger partial charge is 0.335 e. The number of nitrogens with zero attached hydrogens (tertiary/aromatic N) is 3. The first-order valence-electron chi connectivity index (χ1n) is 7.35. The molecule has 4 nitrogen and oxygen atoms in total. The minimum atomic E-state index is 0.488. The second-order valence-corrected chi connectivity index (χ2v) is 5.45. The van der Waals surface area contributed by atoms with E-state index in [0.717, 1.165) is 31.8 Å². The summed E-state index contributed by atoms with van der Waals surface area (Å²) in [6.07, 6.45) is 9.76. The van der Waals surface area contributed by atoms with Gasteiger partial charge in [0.2, 0.25) is 0 Å². The summed E-state index contributed by atoms with van der Waals surface area (Å²) < 4.78 is 2.22. The van der Waals surface area contributed by atoms with Crippen molar-refractivity contribution >= 4 is 0 Å². The highest BCUT2D eigenvalue weighted by Gasteiger charge is 2.05. The maximum Gasteiger partial charge on any atom is 0.113 e. The Hall–Kier alpha value is -1.68. The Morgan fingerprint density at radius 2 is 2.05 bits per heavy atom. The molecule has 0 fully saturated rings. The van der Waals surface area contributed by atoms with E-state index < -0.39 is 0 Å². The molecule has 0 radical (unpaired) electrons. The average Bonchev–Trinajstić information content (AvgIpc) is 2.85. The highest BCUT2D eigenvalue weighted by molar-refractivity contribution is 5.21. The molecule has 20 heavy (non-hydrogen) atoms. The topological polar surface area (TPSA) is 42.7 Å². The van der Waals surface area contributed by atoms with E-state index in [1.165, 1.54) is 11.1 Å². The summed E-state index contributed by atoms with van der Waals surface area (Å²) in [7, 11) is 0. The molecule has 0 aliphatic rings. The van der Waals surface area contributed by atoms with Crippen molar-refractivity contribution in [3.8, 4) is 0 Å². The quantitative estimate of drug-likeness (QED) is 0.843. The van der Waals surface area contributed by atoms with E-state index in [-0.39, 0.29) is 0 Å². The molecule has 4 heteroatoms. The molecule has 0 bridgehead atoms. The second kappa shape index (κ2) is 7.20. The molecular formula is C16H24N4. The molecule has 0 aliphatic heterocycles. The predicted molar refractivity (Wildman–Crippen MR) is 81.5 cm³/mol. The van der Waals surface area contributed by atoms with Crippen LogP contribution in [0, 0.1) is 0 Å². The third-order valence-corrected chi connectivity index (χ3v) is 3.19. The fraction of sp³-hybridized carbons (Fsp3) is 0.500. The van der Waals surface area contributed by atoms with Gasteiger partial charge in [-0.1, -0.05) is 26.8 Å². The summed E-state index contributed by atoms with van der Waals surface area (Å²) in [6, 6.07) is 2.70. The maximum absolute atomic E-state index is 4.45. The molecule has 0 unspecified atom stereocenters. The SMILES string of the molecule is CCCn1ccnc1Cc1cncc(CNC(C)C)c1. The van der Waals surface area contributed by atoms with Gasteiger partial charge in [-0.15, -0.1) is 0 Å². The third kappa shape index (κ3) is 4.17. The number of pyridine rings is 1. The van der Waals surface area contributed by atoms with Crippen LogP contribution in [0.2, 0.25) is 0 Å². The zero-order chi connectivity index (χ0) is 14.4. The number of imidazole rings is 1. The van der Waals surface area contributed by atoms with Crippen LogP contribution in [-0.2, 0) is 19.5 Å². The number of hydrogen-bond acceptors (Lipinski definition) is 3. The molecule has 0 aromatic carbocycles. The highest BCUT2D eigenvalue weighted by atomic mass is 15.1. The first kappa shape index (κ1) is 14.7. The van der Waals surface area contributed by atoms with Gasteiger partial charge < -0.3 is 9.88 Å². The Morgan fingerprint density at radius 1 is 1.25 bits per heavy atom. The van der Waals surface area contributed by atoms with Gasteiger partial charge in [0.15, 0.2) is 0 Å². The Morgan fingerprint density at radius 3 is 2.80 bits per heavy atom. The van der Waals surface area contributed by atoms with Gasteiger partial charge in [0, 0.05) is 50.3 Å². The van der Waals surface area contributed by atoms with Crippen LogP contribution in [0.5, 0.6) is 0 Å². The Kier molecular flexibility index (Phi) is 5.30. The van der Waals surface area contributed by atoms with Gasteiger partial charge in [-0.25, -0.2) is 4.98 Å². The van der Waals surface area contributed by atoms with E-state index in [1.807, 2.05) is 18.6 Å². The fourth-order valence-corrected chi connectivity index (χ4v) is 2.19. The lowest BCUT2D eigenvalue weighted by atomic mass is 10.1. The van der Waals surface area contributed by atoms with Crippen LogP contribution in [-0.4, -0.2) is 20.6 Å². The first-order chi connectivity index (χ1) is 9.69. The van der Waals surface area contributed by atoms with E-state index in [4.69, 9.17) is 0 Å². The molecule has 0 amide bonds. The van der Waals surface area contributed by atoms with Gasteiger partial charge in [-0.05, 0) is 17.5 Å². The van der Waals surface area contributed by atoms with Crippen LogP contribution < -0.4 is 5.32 Å². The molecule has 0 saturated carbocycles. The van der Waals surface area contributed by atoms with E-state index >= 15 is 0 Å². The summed E-state index contributed by atoms with van der Waals surface area (Å²) in [5.41, 5.74) is 2.45. The monoisotopic (exact) mass is 272 g/mol. The third-order valence-electron chi connectivity index (χ3n) is 3.19. The smallest absolute Gasteiger partial charge is 0.113 e. The lowest BCUT2D eigenvalue weighted by molar-refractivity contribution is 0.587. The second-order valence-electron chi connectivity index (χ2n) is 5.45. The molecule has 0 saturated heterocycles. The van der Waals surface area contributed by atoms with Crippen LogP contribution in [0.3, 0.4) is 0 Å². The zero-order valence-corrected chi connectivity index (χ0v) is 12.6. The van der Waals surface area contributed by atoms with Crippen molar-refractivity contribution in [2.24, 2.45) is 0 Å². The molecule has 2 aromatic heterocycles. The molecule has 0 atom stereocenters. The van der Waals surface area contributed by atoms with E-state index in [9.17, 15) is 0 Å². The van der Waals surface area contributed by atoms with Crippen molar-refractivity contribution in [3.63, 3.8) is 0 Å². The number of aryl methyl sites for hydroxylation is 1. The van der Waals surface area contributed by atoms with Crippen LogP contribution in [0.15, 0.2) is 30.9 Å². The molecule has 0 spiro atoms. The van der Waals surface area contributed by atoms with Crippen molar-refractivity contribution in [2.45, 2.75) is 52.7 Å². The average molecular weight is 272 g/mol. The van der Waals surface area contributed by atoms with Crippen LogP contribution in [0.25, 0.3) is 0 Å². The number of nitrogens with one attached hydrogen (secondary N) is 1. The first-order valence-corrected chi connectivity index (χ1v) is 7.35. The van der Waals surface area contributed by atoms with Crippen LogP contribution in [0.4, 0.5) is 0 Å². The normalized spacial score (nSPS) is 11.2. The van der Waals surface area contributed by atoms with Crippen LogP contribution in [0.1, 0.15) is 44.1 Å². The molecule has 1 N–H and O–H groups in total. The van der Waals surface area contributed by atoms with E-state index in [1.54, 1.807) is 0 Å². The number of hydrogen-bond donors (Lipinski definition) is 1. The molecule has 2 heterocycles. The molecule has 2 aromatic rings. The van der Waals surface area contributed by atoms with Gasteiger partial charge in [0.05, 0.1) is 0 Å². The Bertz CT molecular complexity index is 531. The fourth-order valence-electron chi connectivity index (χ4n) is 2.19. The lowest BCUT2D eigenvalue weighted by Crippen LogP contribution is -2.21. The van der Waals surface area contributed by atoms with Crippen molar-refractivity contribution in [1.82, 2.24) is 19.9 Å². The summed E-state index contributed by atoms with van der Waals surface area (Å²) >= 11 is 0. The van der Waals surface area contributed by atoms with Gasteiger partial charge in [0.25, 0.3) is 0 Å². The lowest BCUT2D eigenvalue weighted by Gasteiger charge is -2.10. The number of rotatable bonds is 7. The minimum absolute atomic E-state index is 0.488. The molecular weight excluding hydrogens is 248 g/mol. The van der Waals surface area contributed by atoms with Crippen molar-refractivity contribution < 1.29 is 0 Å². The Balaban J connectivity index is 2.05. The summed E-state index contributed by atoms with van der Waals surface area (Å²) in [6.45, 7) is 8.38. The van der Waals surface area contributed by atoms with Gasteiger partial charge in [-0.2, -0.15) is 0 Å². The maximum atomic E-state index is 4.45. The van der Waals surface area contributed by atoms with Crippen molar-refractivity contribution in [2.75, 3.05) is 0 Å².